The Labute approximate surface area is 153 Å². The molecule has 0 N–H and O–H groups in total. The van der Waals surface area contributed by atoms with Gasteiger partial charge in [-0.2, -0.15) is 5.26 Å². The Kier molecular flexibility index (Phi) is 5.13. The van der Waals surface area contributed by atoms with Crippen LogP contribution < -0.4 is 14.4 Å². The summed E-state index contributed by atoms with van der Waals surface area (Å²) in [6.07, 6.45) is 1.21. The highest BCUT2D eigenvalue weighted by atomic mass is 16.5. The second-order valence-corrected chi connectivity index (χ2v) is 6.40. The van der Waals surface area contributed by atoms with Gasteiger partial charge in [-0.05, 0) is 68.1 Å². The fourth-order valence-electron chi connectivity index (χ4n) is 3.32. The summed E-state index contributed by atoms with van der Waals surface area (Å²) in [5.41, 5.74) is 3.74. The molecule has 2 aromatic carbocycles. The molecular formula is C21H22N2O3. The molecule has 0 saturated carbocycles. The summed E-state index contributed by atoms with van der Waals surface area (Å²) in [5.74, 6) is 1.18. The standard InChI is InChI=1S/C21H22N2O3/c1-14-6-11-19(25-3)20-18(14)5-4-12-23(20)21(24)15(2)26-17-9-7-16(13-22)8-10-17/h6-11,15H,4-5,12H2,1-3H3. The summed E-state index contributed by atoms with van der Waals surface area (Å²) in [6.45, 7) is 4.45. The normalized spacial score (nSPS) is 14.2. The van der Waals surface area contributed by atoms with E-state index in [-0.39, 0.29) is 5.91 Å². The second-order valence-electron chi connectivity index (χ2n) is 6.40. The SMILES string of the molecule is COc1ccc(C)c2c1N(C(=O)C(C)Oc1ccc(C#N)cc1)CCC2. The van der Waals surface area contributed by atoms with Crippen molar-refractivity contribution in [3.63, 3.8) is 0 Å². The van der Waals surface area contributed by atoms with Crippen molar-refractivity contribution in [2.75, 3.05) is 18.6 Å². The molecule has 0 saturated heterocycles. The summed E-state index contributed by atoms with van der Waals surface area (Å²) < 4.78 is 11.3. The highest BCUT2D eigenvalue weighted by Crippen LogP contribution is 2.38. The molecule has 1 heterocycles. The van der Waals surface area contributed by atoms with E-state index in [2.05, 4.69) is 13.0 Å². The molecule has 5 heteroatoms. The number of methoxy groups -OCH3 is 1. The van der Waals surface area contributed by atoms with Gasteiger partial charge >= 0.3 is 0 Å². The number of carbonyl (C=O) groups excluding carboxylic acids is 1. The minimum Gasteiger partial charge on any atom is -0.495 e. The number of hydrogen-bond acceptors (Lipinski definition) is 4. The molecule has 1 unspecified atom stereocenters. The lowest BCUT2D eigenvalue weighted by Gasteiger charge is -2.33. The Balaban J connectivity index is 1.84. The third kappa shape index (κ3) is 3.36. The van der Waals surface area contributed by atoms with Gasteiger partial charge in [-0.15, -0.1) is 0 Å². The summed E-state index contributed by atoms with van der Waals surface area (Å²) in [5, 5.41) is 8.87. The van der Waals surface area contributed by atoms with Gasteiger partial charge in [0.05, 0.1) is 24.4 Å². The van der Waals surface area contributed by atoms with E-state index in [1.54, 1.807) is 43.2 Å². The average molecular weight is 350 g/mol. The van der Waals surface area contributed by atoms with Crippen molar-refractivity contribution in [2.45, 2.75) is 32.8 Å². The van der Waals surface area contributed by atoms with Gasteiger partial charge in [0.2, 0.25) is 0 Å². The van der Waals surface area contributed by atoms with Crippen molar-refractivity contribution in [3.05, 3.63) is 53.1 Å². The maximum atomic E-state index is 13.1. The van der Waals surface area contributed by atoms with E-state index >= 15 is 0 Å². The summed E-state index contributed by atoms with van der Waals surface area (Å²) in [4.78, 5) is 14.8. The van der Waals surface area contributed by atoms with E-state index < -0.39 is 6.10 Å². The van der Waals surface area contributed by atoms with E-state index in [0.717, 1.165) is 24.1 Å². The molecule has 2 aromatic rings. The van der Waals surface area contributed by atoms with Crippen molar-refractivity contribution < 1.29 is 14.3 Å². The second kappa shape index (κ2) is 7.49. The van der Waals surface area contributed by atoms with Crippen LogP contribution >= 0.6 is 0 Å². The summed E-state index contributed by atoms with van der Waals surface area (Å²) in [7, 11) is 1.62. The molecule has 5 nitrogen and oxygen atoms in total. The number of hydrogen-bond donors (Lipinski definition) is 0. The van der Waals surface area contributed by atoms with Crippen LogP contribution in [0.4, 0.5) is 5.69 Å². The third-order valence-corrected chi connectivity index (χ3v) is 4.69. The van der Waals surface area contributed by atoms with E-state index in [0.29, 0.717) is 23.6 Å². The quantitative estimate of drug-likeness (QED) is 0.845. The molecule has 0 bridgehead atoms. The zero-order valence-corrected chi connectivity index (χ0v) is 15.3. The monoisotopic (exact) mass is 350 g/mol. The average Bonchev–Trinajstić information content (AvgIpc) is 2.68. The van der Waals surface area contributed by atoms with Gasteiger partial charge in [-0.25, -0.2) is 0 Å². The number of rotatable bonds is 4. The topological polar surface area (TPSA) is 62.6 Å². The van der Waals surface area contributed by atoms with Crippen molar-refractivity contribution in [2.24, 2.45) is 0 Å². The first-order valence-electron chi connectivity index (χ1n) is 8.70. The van der Waals surface area contributed by atoms with Crippen LogP contribution in [0.2, 0.25) is 0 Å². The summed E-state index contributed by atoms with van der Waals surface area (Å²) >= 11 is 0. The number of benzene rings is 2. The Bertz CT molecular complexity index is 853. The van der Waals surface area contributed by atoms with Crippen LogP contribution in [0, 0.1) is 18.3 Å². The molecule has 0 aliphatic carbocycles. The maximum absolute atomic E-state index is 13.1. The summed E-state index contributed by atoms with van der Waals surface area (Å²) in [6, 6.07) is 12.8. The minimum absolute atomic E-state index is 0.0980. The van der Waals surface area contributed by atoms with Crippen molar-refractivity contribution in [1.29, 1.82) is 5.26 Å². The molecular weight excluding hydrogens is 328 g/mol. The number of aryl methyl sites for hydroxylation is 1. The van der Waals surface area contributed by atoms with Gasteiger partial charge in [0.15, 0.2) is 6.10 Å². The van der Waals surface area contributed by atoms with Gasteiger partial charge in [0.25, 0.3) is 5.91 Å². The van der Waals surface area contributed by atoms with E-state index in [9.17, 15) is 4.79 Å². The van der Waals surface area contributed by atoms with Gasteiger partial charge < -0.3 is 14.4 Å². The van der Waals surface area contributed by atoms with Crippen LogP contribution in [0.1, 0.15) is 30.0 Å². The number of nitriles is 1. The van der Waals surface area contributed by atoms with Gasteiger partial charge in [0, 0.05) is 6.54 Å². The van der Waals surface area contributed by atoms with Crippen molar-refractivity contribution in [1.82, 2.24) is 0 Å². The number of nitrogens with zero attached hydrogens (tertiary/aromatic N) is 2. The molecule has 0 radical (unpaired) electrons. The molecule has 1 amide bonds. The Hall–Kier alpha value is -3.00. The Morgan fingerprint density at radius 1 is 1.23 bits per heavy atom. The van der Waals surface area contributed by atoms with E-state index in [1.807, 2.05) is 12.1 Å². The van der Waals surface area contributed by atoms with Crippen molar-refractivity contribution in [3.8, 4) is 17.6 Å². The molecule has 1 atom stereocenters. The molecule has 1 aliphatic heterocycles. The van der Waals surface area contributed by atoms with Crippen LogP contribution in [0.15, 0.2) is 36.4 Å². The first-order chi connectivity index (χ1) is 12.5. The number of ether oxygens (including phenoxy) is 2. The predicted molar refractivity (Wildman–Crippen MR) is 99.7 cm³/mol. The van der Waals surface area contributed by atoms with Crippen LogP contribution in [0.5, 0.6) is 11.5 Å². The van der Waals surface area contributed by atoms with Crippen LogP contribution in [0.3, 0.4) is 0 Å². The minimum atomic E-state index is -0.640. The third-order valence-electron chi connectivity index (χ3n) is 4.69. The van der Waals surface area contributed by atoms with Crippen molar-refractivity contribution >= 4 is 11.6 Å². The van der Waals surface area contributed by atoms with Gasteiger partial charge in [-0.3, -0.25) is 4.79 Å². The number of carbonyl (C=O) groups is 1. The number of anilines is 1. The smallest absolute Gasteiger partial charge is 0.267 e. The number of amides is 1. The molecule has 1 aliphatic rings. The lowest BCUT2D eigenvalue weighted by Crippen LogP contribution is -2.43. The molecule has 26 heavy (non-hydrogen) atoms. The lowest BCUT2D eigenvalue weighted by atomic mass is 9.96. The highest BCUT2D eigenvalue weighted by Gasteiger charge is 2.30. The predicted octanol–water partition coefficient (Wildman–Crippen LogP) is 3.62. The first-order valence-corrected chi connectivity index (χ1v) is 8.70. The molecule has 134 valence electrons. The van der Waals surface area contributed by atoms with Gasteiger partial charge in [-0.1, -0.05) is 6.07 Å². The zero-order chi connectivity index (χ0) is 18.7. The van der Waals surface area contributed by atoms with E-state index in [1.165, 1.54) is 5.56 Å². The highest BCUT2D eigenvalue weighted by molar-refractivity contribution is 5.99. The lowest BCUT2D eigenvalue weighted by molar-refractivity contribution is -0.124. The molecule has 0 spiro atoms. The maximum Gasteiger partial charge on any atom is 0.267 e. The zero-order valence-electron chi connectivity index (χ0n) is 15.3. The Morgan fingerprint density at radius 2 is 1.96 bits per heavy atom. The van der Waals surface area contributed by atoms with Crippen LogP contribution in [0.25, 0.3) is 0 Å². The Morgan fingerprint density at radius 3 is 2.62 bits per heavy atom. The largest absolute Gasteiger partial charge is 0.495 e. The first kappa shape index (κ1) is 17.8. The fourth-order valence-corrected chi connectivity index (χ4v) is 3.32. The van der Waals surface area contributed by atoms with E-state index in [4.69, 9.17) is 14.7 Å². The molecule has 3 rings (SSSR count). The number of fused-ring (bicyclic) bond motifs is 1. The molecule has 0 fully saturated rings. The van der Waals surface area contributed by atoms with Gasteiger partial charge in [0.1, 0.15) is 11.5 Å². The molecule has 0 aromatic heterocycles. The fraction of sp³-hybridized carbons (Fsp3) is 0.333. The van der Waals surface area contributed by atoms with Crippen LogP contribution in [-0.4, -0.2) is 25.7 Å². The van der Waals surface area contributed by atoms with Crippen LogP contribution in [-0.2, 0) is 11.2 Å².